The molecule has 0 unspecified atom stereocenters. The Balaban J connectivity index is 2.58. The van der Waals surface area contributed by atoms with Crippen molar-refractivity contribution in [3.05, 3.63) is 0 Å². The molecule has 6 heteroatoms. The summed E-state index contributed by atoms with van der Waals surface area (Å²) in [5, 5.41) is 12.0. The molecule has 0 aromatic rings. The Hall–Kier alpha value is -1.30. The van der Waals surface area contributed by atoms with Gasteiger partial charge in [0.05, 0.1) is 6.10 Å². The summed E-state index contributed by atoms with van der Waals surface area (Å²) in [7, 11) is 0. The lowest BCUT2D eigenvalue weighted by atomic mass is 10.2. The molecule has 86 valence electrons. The molecule has 6 nitrogen and oxygen atoms in total. The van der Waals surface area contributed by atoms with Crippen molar-refractivity contribution in [1.82, 2.24) is 10.2 Å². The minimum atomic E-state index is -0.683. The highest BCUT2D eigenvalue weighted by Gasteiger charge is 2.37. The lowest BCUT2D eigenvalue weighted by molar-refractivity contribution is -0.121. The van der Waals surface area contributed by atoms with E-state index in [0.29, 0.717) is 6.54 Å². The number of hydrogen-bond donors (Lipinski definition) is 3. The van der Waals surface area contributed by atoms with E-state index in [2.05, 4.69) is 5.32 Å². The Morgan fingerprint density at radius 1 is 1.60 bits per heavy atom. The Morgan fingerprint density at radius 3 is 2.80 bits per heavy atom. The molecule has 0 aromatic carbocycles. The fraction of sp³-hybridized carbons (Fsp3) is 0.778. The van der Waals surface area contributed by atoms with Gasteiger partial charge in [0.15, 0.2) is 0 Å². The molecule has 2 atom stereocenters. The SMILES string of the molecule is CCCNC(=O)N1C[C@@H](O)C[C@H]1C(N)=O. The molecule has 1 rings (SSSR count). The molecule has 1 aliphatic heterocycles. The van der Waals surface area contributed by atoms with Crippen LogP contribution in [0.5, 0.6) is 0 Å². The number of β-amino-alcohol motifs (C(OH)–C–C–N with tert-alkyl or cyclic N) is 1. The molecule has 0 aliphatic carbocycles. The second kappa shape index (κ2) is 4.97. The van der Waals surface area contributed by atoms with Crippen molar-refractivity contribution in [2.75, 3.05) is 13.1 Å². The Labute approximate surface area is 88.4 Å². The second-order valence-electron chi connectivity index (χ2n) is 3.69. The molecule has 0 radical (unpaired) electrons. The van der Waals surface area contributed by atoms with Crippen LogP contribution in [-0.2, 0) is 4.79 Å². The fourth-order valence-electron chi connectivity index (χ4n) is 1.64. The van der Waals surface area contributed by atoms with Gasteiger partial charge in [-0.1, -0.05) is 6.92 Å². The highest BCUT2D eigenvalue weighted by molar-refractivity contribution is 5.86. The highest BCUT2D eigenvalue weighted by atomic mass is 16.3. The molecule has 1 fully saturated rings. The van der Waals surface area contributed by atoms with Crippen LogP contribution in [0, 0.1) is 0 Å². The predicted octanol–water partition coefficient (Wildman–Crippen LogP) is -0.973. The lowest BCUT2D eigenvalue weighted by Crippen LogP contribution is -2.48. The molecule has 0 bridgehead atoms. The maximum Gasteiger partial charge on any atom is 0.318 e. The van der Waals surface area contributed by atoms with E-state index in [1.165, 1.54) is 4.90 Å². The van der Waals surface area contributed by atoms with Gasteiger partial charge in [-0.25, -0.2) is 4.79 Å². The van der Waals surface area contributed by atoms with E-state index in [9.17, 15) is 14.7 Å². The number of carbonyl (C=O) groups excluding carboxylic acids is 2. The maximum atomic E-state index is 11.6. The van der Waals surface area contributed by atoms with Gasteiger partial charge in [-0.2, -0.15) is 0 Å². The Kier molecular flexibility index (Phi) is 3.90. The molecular formula is C9H17N3O3. The summed E-state index contributed by atoms with van der Waals surface area (Å²) in [6, 6.07) is -1.02. The first-order valence-corrected chi connectivity index (χ1v) is 5.08. The van der Waals surface area contributed by atoms with E-state index in [-0.39, 0.29) is 19.0 Å². The number of hydrogen-bond acceptors (Lipinski definition) is 3. The number of rotatable bonds is 3. The molecule has 4 N–H and O–H groups in total. The van der Waals surface area contributed by atoms with Crippen molar-refractivity contribution >= 4 is 11.9 Å². The number of aliphatic hydroxyl groups excluding tert-OH is 1. The second-order valence-corrected chi connectivity index (χ2v) is 3.69. The van der Waals surface area contributed by atoms with Crippen LogP contribution >= 0.6 is 0 Å². The van der Waals surface area contributed by atoms with E-state index in [0.717, 1.165) is 6.42 Å². The van der Waals surface area contributed by atoms with Gasteiger partial charge < -0.3 is 21.1 Å². The minimum absolute atomic E-state index is 0.170. The van der Waals surface area contributed by atoms with Crippen molar-refractivity contribution in [2.24, 2.45) is 5.73 Å². The van der Waals surface area contributed by atoms with E-state index in [1.807, 2.05) is 6.92 Å². The van der Waals surface area contributed by atoms with Gasteiger partial charge in [0.1, 0.15) is 6.04 Å². The first kappa shape index (κ1) is 11.8. The molecule has 0 spiro atoms. The van der Waals surface area contributed by atoms with Gasteiger partial charge in [-0.15, -0.1) is 0 Å². The molecule has 1 aliphatic rings. The standard InChI is InChI=1S/C9H17N3O3/c1-2-3-11-9(15)12-5-6(13)4-7(12)8(10)14/h6-7,13H,2-5H2,1H3,(H2,10,14)(H,11,15)/t6-,7-/m0/s1. The number of urea groups is 1. The highest BCUT2D eigenvalue weighted by Crippen LogP contribution is 2.17. The third-order valence-corrected chi connectivity index (χ3v) is 2.39. The van der Waals surface area contributed by atoms with Crippen molar-refractivity contribution in [1.29, 1.82) is 0 Å². The minimum Gasteiger partial charge on any atom is -0.391 e. The molecule has 1 saturated heterocycles. The molecular weight excluding hydrogens is 198 g/mol. The summed E-state index contributed by atoms with van der Waals surface area (Å²) >= 11 is 0. The fourth-order valence-corrected chi connectivity index (χ4v) is 1.64. The summed E-state index contributed by atoms with van der Waals surface area (Å²) < 4.78 is 0. The molecule has 0 saturated carbocycles. The van der Waals surface area contributed by atoms with Crippen LogP contribution in [0.3, 0.4) is 0 Å². The Bertz CT molecular complexity index is 257. The normalized spacial score (nSPS) is 25.3. The third-order valence-electron chi connectivity index (χ3n) is 2.39. The van der Waals surface area contributed by atoms with Crippen LogP contribution in [-0.4, -0.2) is 47.2 Å². The van der Waals surface area contributed by atoms with E-state index in [1.54, 1.807) is 0 Å². The monoisotopic (exact) mass is 215 g/mol. The largest absolute Gasteiger partial charge is 0.391 e. The molecule has 0 aromatic heterocycles. The number of amides is 3. The lowest BCUT2D eigenvalue weighted by Gasteiger charge is -2.21. The Morgan fingerprint density at radius 2 is 2.27 bits per heavy atom. The van der Waals surface area contributed by atoms with E-state index < -0.39 is 18.1 Å². The predicted molar refractivity (Wildman–Crippen MR) is 54.0 cm³/mol. The summed E-state index contributed by atoms with van der Waals surface area (Å²) in [5.74, 6) is -0.571. The summed E-state index contributed by atoms with van der Waals surface area (Å²) in [4.78, 5) is 23.9. The first-order valence-electron chi connectivity index (χ1n) is 5.08. The number of aliphatic hydroxyl groups is 1. The van der Waals surface area contributed by atoms with Crippen molar-refractivity contribution in [3.63, 3.8) is 0 Å². The average Bonchev–Trinajstić information content (AvgIpc) is 2.57. The van der Waals surface area contributed by atoms with Crippen LogP contribution in [0.25, 0.3) is 0 Å². The van der Waals surface area contributed by atoms with Crippen LogP contribution in [0.2, 0.25) is 0 Å². The third kappa shape index (κ3) is 2.82. The van der Waals surface area contributed by atoms with Crippen molar-refractivity contribution < 1.29 is 14.7 Å². The number of carbonyl (C=O) groups is 2. The molecule has 3 amide bonds. The van der Waals surface area contributed by atoms with Gasteiger partial charge >= 0.3 is 6.03 Å². The maximum absolute atomic E-state index is 11.6. The average molecular weight is 215 g/mol. The van der Waals surface area contributed by atoms with Gasteiger partial charge in [0, 0.05) is 19.5 Å². The van der Waals surface area contributed by atoms with Crippen molar-refractivity contribution in [2.45, 2.75) is 31.9 Å². The molecule has 1 heterocycles. The number of primary amides is 1. The quantitative estimate of drug-likeness (QED) is 0.565. The van der Waals surface area contributed by atoms with Crippen LogP contribution < -0.4 is 11.1 Å². The van der Waals surface area contributed by atoms with E-state index in [4.69, 9.17) is 5.73 Å². The van der Waals surface area contributed by atoms with Gasteiger partial charge in [0.2, 0.25) is 5.91 Å². The number of nitrogens with two attached hydrogens (primary N) is 1. The zero-order chi connectivity index (χ0) is 11.4. The van der Waals surface area contributed by atoms with Crippen LogP contribution in [0.4, 0.5) is 4.79 Å². The van der Waals surface area contributed by atoms with Gasteiger partial charge in [-0.3, -0.25) is 4.79 Å². The van der Waals surface area contributed by atoms with Gasteiger partial charge in [-0.05, 0) is 6.42 Å². The summed E-state index contributed by atoms with van der Waals surface area (Å²) in [6.45, 7) is 2.66. The number of nitrogens with zero attached hydrogens (tertiary/aromatic N) is 1. The topological polar surface area (TPSA) is 95.7 Å². The number of nitrogens with one attached hydrogen (secondary N) is 1. The van der Waals surface area contributed by atoms with Gasteiger partial charge in [0.25, 0.3) is 0 Å². The smallest absolute Gasteiger partial charge is 0.318 e. The molecule has 15 heavy (non-hydrogen) atoms. The van der Waals surface area contributed by atoms with Crippen molar-refractivity contribution in [3.8, 4) is 0 Å². The summed E-state index contributed by atoms with van der Waals surface area (Å²) in [6.07, 6.45) is 0.396. The number of likely N-dealkylation sites (tertiary alicyclic amines) is 1. The first-order chi connectivity index (χ1) is 7.06. The zero-order valence-corrected chi connectivity index (χ0v) is 8.77. The zero-order valence-electron chi connectivity index (χ0n) is 8.77. The summed E-state index contributed by atoms with van der Waals surface area (Å²) in [5.41, 5.74) is 5.15. The van der Waals surface area contributed by atoms with E-state index >= 15 is 0 Å². The van der Waals surface area contributed by atoms with Crippen LogP contribution in [0.15, 0.2) is 0 Å². The van der Waals surface area contributed by atoms with Crippen LogP contribution in [0.1, 0.15) is 19.8 Å².